The van der Waals surface area contributed by atoms with Crippen LogP contribution in [0.15, 0.2) is 0 Å². The van der Waals surface area contributed by atoms with E-state index < -0.39 is 12.3 Å². The van der Waals surface area contributed by atoms with Gasteiger partial charge in [0.15, 0.2) is 0 Å². The molecule has 7 heavy (non-hydrogen) atoms. The monoisotopic (exact) mass is 109 g/mol. The first-order valence-corrected chi connectivity index (χ1v) is 1.41. The van der Waals surface area contributed by atoms with E-state index in [0.717, 1.165) is 0 Å². The lowest BCUT2D eigenvalue weighted by Crippen LogP contribution is -2.21. The van der Waals surface area contributed by atoms with Crippen molar-refractivity contribution in [1.82, 2.24) is 0 Å². The molecule has 1 atom stereocenters. The van der Waals surface area contributed by atoms with Crippen LogP contribution in [0.2, 0.25) is 0 Å². The highest BCUT2D eigenvalue weighted by Crippen LogP contribution is 1.85. The maximum atomic E-state index is 11.3. The van der Waals surface area contributed by atoms with E-state index in [9.17, 15) is 9.18 Å². The van der Waals surface area contributed by atoms with Crippen LogP contribution in [-0.4, -0.2) is 17.4 Å². The highest BCUT2D eigenvalue weighted by atomic mass is 19.1. The van der Waals surface area contributed by atoms with E-state index >= 15 is 0 Å². The minimum atomic E-state index is -2.40. The molecule has 0 aliphatic heterocycles. The van der Waals surface area contributed by atoms with Gasteiger partial charge >= 0.3 is 12.3 Å². The van der Waals surface area contributed by atoms with Crippen LogP contribution in [-0.2, 0) is 9.63 Å². The van der Waals surface area contributed by atoms with Gasteiger partial charge in [-0.3, -0.25) is 4.84 Å². The van der Waals surface area contributed by atoms with Crippen LogP contribution in [0.3, 0.4) is 0 Å². The fourth-order valence-electron chi connectivity index (χ4n) is 0.0582. The number of aliphatic carboxylic acids is 1. The minimum absolute atomic E-state index is 1.72. The third kappa shape index (κ3) is 2.07. The smallest absolute Gasteiger partial charge is 0.367 e. The first-order valence-electron chi connectivity index (χ1n) is 1.41. The molecule has 3 N–H and O–H groups in total. The van der Waals surface area contributed by atoms with Gasteiger partial charge < -0.3 is 5.11 Å². The Balaban J connectivity index is 3.34. The van der Waals surface area contributed by atoms with Crippen LogP contribution in [0.25, 0.3) is 0 Å². The number of carbonyl (C=O) groups is 1. The Labute approximate surface area is 38.6 Å². The summed E-state index contributed by atoms with van der Waals surface area (Å²) in [5, 5.41) is 7.60. The SMILES string of the molecule is NOC(F)C(=O)O. The third-order valence-electron chi connectivity index (χ3n) is 0.314. The molecule has 4 nitrogen and oxygen atoms in total. The average molecular weight is 109 g/mol. The summed E-state index contributed by atoms with van der Waals surface area (Å²) < 4.78 is 11.3. The van der Waals surface area contributed by atoms with E-state index in [1.807, 2.05) is 0 Å². The summed E-state index contributed by atoms with van der Waals surface area (Å²) >= 11 is 0. The third-order valence-corrected chi connectivity index (χ3v) is 0.314. The quantitative estimate of drug-likeness (QED) is 0.458. The second-order valence-electron chi connectivity index (χ2n) is 0.790. The molecule has 0 radical (unpaired) electrons. The summed E-state index contributed by atoms with van der Waals surface area (Å²) in [5.41, 5.74) is 0. The van der Waals surface area contributed by atoms with Gasteiger partial charge in [-0.15, -0.1) is 0 Å². The Bertz CT molecular complexity index is 75.3. The maximum Gasteiger partial charge on any atom is 0.367 e. The Kier molecular flexibility index (Phi) is 2.24. The second-order valence-corrected chi connectivity index (χ2v) is 0.790. The largest absolute Gasteiger partial charge is 0.477 e. The van der Waals surface area contributed by atoms with Gasteiger partial charge in [0, 0.05) is 0 Å². The predicted octanol–water partition coefficient (Wildman–Crippen LogP) is -0.743. The number of rotatable bonds is 2. The van der Waals surface area contributed by atoms with Crippen molar-refractivity contribution in [3.63, 3.8) is 0 Å². The molecule has 0 bridgehead atoms. The molecule has 0 saturated carbocycles. The van der Waals surface area contributed by atoms with Crippen molar-refractivity contribution in [3.05, 3.63) is 0 Å². The lowest BCUT2D eigenvalue weighted by Gasteiger charge is -1.93. The molecule has 0 aromatic carbocycles. The first-order chi connectivity index (χ1) is 3.18. The van der Waals surface area contributed by atoms with E-state index in [4.69, 9.17) is 5.11 Å². The molecule has 0 rings (SSSR count). The lowest BCUT2D eigenvalue weighted by atomic mass is 10.7. The van der Waals surface area contributed by atoms with Crippen LogP contribution in [0, 0.1) is 0 Å². The summed E-state index contributed by atoms with van der Waals surface area (Å²) in [5.74, 6) is 2.40. The van der Waals surface area contributed by atoms with Gasteiger partial charge in [0.1, 0.15) is 0 Å². The van der Waals surface area contributed by atoms with Crippen LogP contribution in [0.4, 0.5) is 4.39 Å². The number of nitrogens with two attached hydrogens (primary N) is 1. The van der Waals surface area contributed by atoms with Crippen LogP contribution < -0.4 is 5.90 Å². The highest BCUT2D eigenvalue weighted by molar-refractivity contribution is 5.70. The molecule has 5 heteroatoms. The van der Waals surface area contributed by atoms with Crippen molar-refractivity contribution in [2.45, 2.75) is 6.36 Å². The zero-order valence-electron chi connectivity index (χ0n) is 3.30. The van der Waals surface area contributed by atoms with Gasteiger partial charge in [0.2, 0.25) is 0 Å². The molecule has 0 aliphatic carbocycles. The Morgan fingerprint density at radius 3 is 2.43 bits per heavy atom. The van der Waals surface area contributed by atoms with E-state index in [1.54, 1.807) is 0 Å². The van der Waals surface area contributed by atoms with Crippen molar-refractivity contribution in [2.24, 2.45) is 5.90 Å². The van der Waals surface area contributed by atoms with Gasteiger partial charge in [0.05, 0.1) is 0 Å². The molecular weight excluding hydrogens is 105 g/mol. The molecule has 0 saturated heterocycles. The second kappa shape index (κ2) is 2.49. The number of hydrogen-bond acceptors (Lipinski definition) is 3. The van der Waals surface area contributed by atoms with Gasteiger partial charge in [-0.1, -0.05) is 0 Å². The highest BCUT2D eigenvalue weighted by Gasteiger charge is 2.12. The minimum Gasteiger partial charge on any atom is -0.477 e. The summed E-state index contributed by atoms with van der Waals surface area (Å²) in [6.45, 7) is 0. The summed E-state index contributed by atoms with van der Waals surface area (Å²) in [7, 11) is 0. The van der Waals surface area contributed by atoms with Crippen molar-refractivity contribution in [2.75, 3.05) is 0 Å². The molecule has 0 spiro atoms. The number of carboxylic acids is 1. The average Bonchev–Trinajstić information content (AvgIpc) is 1.65. The fraction of sp³-hybridized carbons (Fsp3) is 0.500. The van der Waals surface area contributed by atoms with Gasteiger partial charge in [0.25, 0.3) is 0 Å². The summed E-state index contributed by atoms with van der Waals surface area (Å²) in [6, 6.07) is 0. The fourth-order valence-corrected chi connectivity index (χ4v) is 0.0582. The molecule has 0 aromatic rings. The summed E-state index contributed by atoms with van der Waals surface area (Å²) in [4.78, 5) is 12.6. The predicted molar refractivity (Wildman–Crippen MR) is 17.8 cm³/mol. The molecule has 0 aromatic heterocycles. The van der Waals surface area contributed by atoms with Crippen molar-refractivity contribution >= 4 is 5.97 Å². The summed E-state index contributed by atoms with van der Waals surface area (Å²) in [6.07, 6.45) is -2.40. The van der Waals surface area contributed by atoms with Crippen molar-refractivity contribution in [3.8, 4) is 0 Å². The van der Waals surface area contributed by atoms with Crippen molar-refractivity contribution < 1.29 is 19.1 Å². The Hall–Kier alpha value is -0.680. The molecular formula is C2H4FNO3. The first kappa shape index (κ1) is 6.32. The van der Waals surface area contributed by atoms with Crippen LogP contribution in [0.1, 0.15) is 0 Å². The van der Waals surface area contributed by atoms with Crippen LogP contribution >= 0.6 is 0 Å². The number of hydrogen-bond donors (Lipinski definition) is 2. The zero-order chi connectivity index (χ0) is 5.86. The molecule has 0 aliphatic rings. The Morgan fingerprint density at radius 2 is 2.43 bits per heavy atom. The molecule has 0 heterocycles. The number of halogens is 1. The van der Waals surface area contributed by atoms with E-state index in [1.165, 1.54) is 0 Å². The van der Waals surface area contributed by atoms with E-state index in [2.05, 4.69) is 10.7 Å². The van der Waals surface area contributed by atoms with E-state index in [-0.39, 0.29) is 0 Å². The lowest BCUT2D eigenvalue weighted by molar-refractivity contribution is -0.163. The zero-order valence-corrected chi connectivity index (χ0v) is 3.30. The number of carboxylic acid groups (broad SMARTS) is 1. The van der Waals surface area contributed by atoms with Crippen LogP contribution in [0.5, 0.6) is 0 Å². The van der Waals surface area contributed by atoms with Gasteiger partial charge in [-0.2, -0.15) is 0 Å². The normalized spacial score (nSPS) is 13.4. The topological polar surface area (TPSA) is 72.5 Å². The van der Waals surface area contributed by atoms with Gasteiger partial charge in [-0.05, 0) is 0 Å². The molecule has 42 valence electrons. The Morgan fingerprint density at radius 1 is 2.00 bits per heavy atom. The molecule has 1 unspecified atom stereocenters. The van der Waals surface area contributed by atoms with Crippen molar-refractivity contribution in [1.29, 1.82) is 0 Å². The van der Waals surface area contributed by atoms with E-state index in [0.29, 0.717) is 0 Å². The number of alkyl halides is 1. The maximum absolute atomic E-state index is 11.3. The molecule has 0 amide bonds. The van der Waals surface area contributed by atoms with Gasteiger partial charge in [-0.25, -0.2) is 15.1 Å². The standard InChI is InChI=1S/C2H4FNO3/c3-1(7-4)2(5)6/h1H,4H2,(H,5,6). The molecule has 0 fully saturated rings.